The van der Waals surface area contributed by atoms with Crippen LogP contribution in [0.25, 0.3) is 0 Å². The zero-order valence-corrected chi connectivity index (χ0v) is 13.3. The standard InChI is InChI=1S/C15H14BrClFNO/c1-2-20-15-6-3-11(16)7-10(15)9-19-12-4-5-14(18)13(17)8-12/h3-8,19H,2,9H2,1H3. The third-order valence-corrected chi connectivity index (χ3v) is 3.51. The van der Waals surface area contributed by atoms with Gasteiger partial charge < -0.3 is 10.1 Å². The van der Waals surface area contributed by atoms with Crippen LogP contribution in [-0.4, -0.2) is 6.61 Å². The van der Waals surface area contributed by atoms with E-state index >= 15 is 0 Å². The fourth-order valence-corrected chi connectivity index (χ4v) is 2.37. The van der Waals surface area contributed by atoms with E-state index < -0.39 is 5.82 Å². The predicted octanol–water partition coefficient (Wildman–Crippen LogP) is 5.25. The van der Waals surface area contributed by atoms with Crippen molar-refractivity contribution < 1.29 is 9.13 Å². The molecule has 0 radical (unpaired) electrons. The van der Waals surface area contributed by atoms with Crippen molar-refractivity contribution in [1.82, 2.24) is 0 Å². The topological polar surface area (TPSA) is 21.3 Å². The molecule has 0 aliphatic heterocycles. The number of anilines is 1. The molecule has 0 bridgehead atoms. The van der Waals surface area contributed by atoms with Crippen molar-refractivity contribution in [2.45, 2.75) is 13.5 Å². The second-order valence-electron chi connectivity index (χ2n) is 4.17. The van der Waals surface area contributed by atoms with E-state index in [0.717, 1.165) is 21.5 Å². The number of ether oxygens (including phenoxy) is 1. The highest BCUT2D eigenvalue weighted by atomic mass is 79.9. The lowest BCUT2D eigenvalue weighted by Crippen LogP contribution is -2.03. The third kappa shape index (κ3) is 3.87. The summed E-state index contributed by atoms with van der Waals surface area (Å²) in [5, 5.41) is 3.31. The molecule has 0 fully saturated rings. The van der Waals surface area contributed by atoms with Crippen molar-refractivity contribution in [2.24, 2.45) is 0 Å². The molecule has 0 amide bonds. The molecule has 20 heavy (non-hydrogen) atoms. The first-order valence-electron chi connectivity index (χ1n) is 6.20. The van der Waals surface area contributed by atoms with E-state index in [1.807, 2.05) is 25.1 Å². The van der Waals surface area contributed by atoms with Gasteiger partial charge in [0.2, 0.25) is 0 Å². The van der Waals surface area contributed by atoms with Gasteiger partial charge in [-0.1, -0.05) is 27.5 Å². The number of halogens is 3. The molecule has 2 aromatic rings. The van der Waals surface area contributed by atoms with Crippen LogP contribution in [-0.2, 0) is 6.54 Å². The van der Waals surface area contributed by atoms with Crippen LogP contribution < -0.4 is 10.1 Å². The first-order chi connectivity index (χ1) is 9.60. The Balaban J connectivity index is 2.13. The average Bonchev–Trinajstić information content (AvgIpc) is 2.43. The molecular weight excluding hydrogens is 345 g/mol. The number of nitrogens with one attached hydrogen (secondary N) is 1. The summed E-state index contributed by atoms with van der Waals surface area (Å²) in [5.41, 5.74) is 1.78. The van der Waals surface area contributed by atoms with Gasteiger partial charge in [-0.15, -0.1) is 0 Å². The maximum absolute atomic E-state index is 13.1. The van der Waals surface area contributed by atoms with Crippen LogP contribution in [0.15, 0.2) is 40.9 Å². The van der Waals surface area contributed by atoms with Gasteiger partial charge in [-0.2, -0.15) is 0 Å². The minimum atomic E-state index is -0.422. The number of hydrogen-bond acceptors (Lipinski definition) is 2. The van der Waals surface area contributed by atoms with Gasteiger partial charge in [0.1, 0.15) is 11.6 Å². The molecule has 1 N–H and O–H groups in total. The molecule has 0 saturated heterocycles. The first-order valence-corrected chi connectivity index (χ1v) is 7.37. The van der Waals surface area contributed by atoms with Crippen LogP contribution in [0.2, 0.25) is 5.02 Å². The summed E-state index contributed by atoms with van der Waals surface area (Å²) < 4.78 is 19.7. The molecule has 2 rings (SSSR count). The van der Waals surface area contributed by atoms with Crippen molar-refractivity contribution in [3.63, 3.8) is 0 Å². The summed E-state index contributed by atoms with van der Waals surface area (Å²) in [6, 6.07) is 10.4. The van der Waals surface area contributed by atoms with Crippen LogP contribution in [0.4, 0.5) is 10.1 Å². The van der Waals surface area contributed by atoms with Gasteiger partial charge in [-0.3, -0.25) is 0 Å². The monoisotopic (exact) mass is 357 g/mol. The van der Waals surface area contributed by atoms with Crippen molar-refractivity contribution in [3.05, 3.63) is 57.3 Å². The van der Waals surface area contributed by atoms with Gasteiger partial charge in [0.25, 0.3) is 0 Å². The SMILES string of the molecule is CCOc1ccc(Br)cc1CNc1ccc(F)c(Cl)c1. The fourth-order valence-electron chi connectivity index (χ4n) is 1.79. The zero-order valence-electron chi connectivity index (χ0n) is 10.9. The van der Waals surface area contributed by atoms with E-state index in [-0.39, 0.29) is 5.02 Å². The Morgan fingerprint density at radius 3 is 2.75 bits per heavy atom. The van der Waals surface area contributed by atoms with E-state index in [4.69, 9.17) is 16.3 Å². The van der Waals surface area contributed by atoms with Gasteiger partial charge in [0.15, 0.2) is 0 Å². The fraction of sp³-hybridized carbons (Fsp3) is 0.200. The summed E-state index contributed by atoms with van der Waals surface area (Å²) in [7, 11) is 0. The maximum Gasteiger partial charge on any atom is 0.141 e. The highest BCUT2D eigenvalue weighted by Crippen LogP contribution is 2.25. The minimum absolute atomic E-state index is 0.106. The molecule has 0 aromatic heterocycles. The molecule has 0 spiro atoms. The van der Waals surface area contributed by atoms with Gasteiger partial charge >= 0.3 is 0 Å². The second kappa shape index (κ2) is 6.95. The highest BCUT2D eigenvalue weighted by molar-refractivity contribution is 9.10. The quantitative estimate of drug-likeness (QED) is 0.788. The molecule has 106 valence electrons. The molecule has 2 nitrogen and oxygen atoms in total. The van der Waals surface area contributed by atoms with E-state index in [2.05, 4.69) is 21.2 Å². The molecule has 0 atom stereocenters. The Morgan fingerprint density at radius 1 is 1.25 bits per heavy atom. The van der Waals surface area contributed by atoms with Crippen LogP contribution in [0, 0.1) is 5.82 Å². The van der Waals surface area contributed by atoms with Crippen LogP contribution in [0.5, 0.6) is 5.75 Å². The van der Waals surface area contributed by atoms with E-state index in [1.54, 1.807) is 12.1 Å². The number of rotatable bonds is 5. The number of benzene rings is 2. The van der Waals surface area contributed by atoms with Crippen molar-refractivity contribution in [3.8, 4) is 5.75 Å². The van der Waals surface area contributed by atoms with Gasteiger partial charge in [0, 0.05) is 22.3 Å². The summed E-state index contributed by atoms with van der Waals surface area (Å²) in [6.07, 6.45) is 0. The van der Waals surface area contributed by atoms with E-state index in [0.29, 0.717) is 13.2 Å². The third-order valence-electron chi connectivity index (χ3n) is 2.72. The molecule has 0 unspecified atom stereocenters. The van der Waals surface area contributed by atoms with Crippen molar-refractivity contribution >= 4 is 33.2 Å². The smallest absolute Gasteiger partial charge is 0.141 e. The summed E-state index contributed by atoms with van der Waals surface area (Å²) >= 11 is 9.20. The maximum atomic E-state index is 13.1. The largest absolute Gasteiger partial charge is 0.494 e. The van der Waals surface area contributed by atoms with E-state index in [9.17, 15) is 4.39 Å². The molecular formula is C15H14BrClFNO. The van der Waals surface area contributed by atoms with Crippen LogP contribution in [0.1, 0.15) is 12.5 Å². The Kier molecular flexibility index (Phi) is 5.26. The zero-order chi connectivity index (χ0) is 14.5. The van der Waals surface area contributed by atoms with Crippen LogP contribution >= 0.6 is 27.5 Å². The Hall–Kier alpha value is -1.26. The molecule has 5 heteroatoms. The van der Waals surface area contributed by atoms with Crippen LogP contribution in [0.3, 0.4) is 0 Å². The van der Waals surface area contributed by atoms with Crippen molar-refractivity contribution in [2.75, 3.05) is 11.9 Å². The number of hydrogen-bond donors (Lipinski definition) is 1. The normalized spacial score (nSPS) is 10.4. The predicted molar refractivity (Wildman–Crippen MR) is 84.0 cm³/mol. The van der Waals surface area contributed by atoms with E-state index in [1.165, 1.54) is 6.07 Å². The Labute approximate surface area is 131 Å². The van der Waals surface area contributed by atoms with Gasteiger partial charge in [-0.05, 0) is 43.3 Å². The first kappa shape index (κ1) is 15.1. The average molecular weight is 359 g/mol. The minimum Gasteiger partial charge on any atom is -0.494 e. The summed E-state index contributed by atoms with van der Waals surface area (Å²) in [4.78, 5) is 0. The lowest BCUT2D eigenvalue weighted by Gasteiger charge is -2.12. The lowest BCUT2D eigenvalue weighted by atomic mass is 10.2. The molecule has 0 saturated carbocycles. The summed E-state index contributed by atoms with van der Waals surface area (Å²) in [6.45, 7) is 3.12. The summed E-state index contributed by atoms with van der Waals surface area (Å²) in [5.74, 6) is 0.408. The Morgan fingerprint density at radius 2 is 2.05 bits per heavy atom. The molecule has 0 heterocycles. The van der Waals surface area contributed by atoms with Gasteiger partial charge in [-0.25, -0.2) is 4.39 Å². The lowest BCUT2D eigenvalue weighted by molar-refractivity contribution is 0.337. The second-order valence-corrected chi connectivity index (χ2v) is 5.49. The van der Waals surface area contributed by atoms with Crippen molar-refractivity contribution in [1.29, 1.82) is 0 Å². The molecule has 2 aromatic carbocycles. The highest BCUT2D eigenvalue weighted by Gasteiger charge is 2.05. The molecule has 0 aliphatic rings. The van der Waals surface area contributed by atoms with Gasteiger partial charge in [0.05, 0.1) is 11.6 Å². The molecule has 0 aliphatic carbocycles. The Bertz CT molecular complexity index is 606.